The molecule has 0 amide bonds. The molecular weight excluding hydrogens is 389 g/mol. The highest BCUT2D eigenvalue weighted by Gasteiger charge is 2.21. The van der Waals surface area contributed by atoms with E-state index in [0.29, 0.717) is 5.69 Å². The van der Waals surface area contributed by atoms with Crippen molar-refractivity contribution >= 4 is 34.9 Å². The van der Waals surface area contributed by atoms with Crippen LogP contribution in [-0.4, -0.2) is 23.0 Å². The molecule has 2 heterocycles. The Kier molecular flexibility index (Phi) is 5.67. The maximum Gasteiger partial charge on any atom is 0.293 e. The van der Waals surface area contributed by atoms with E-state index in [0.717, 1.165) is 47.8 Å². The lowest BCUT2D eigenvalue weighted by molar-refractivity contribution is -0.384. The number of benzene rings is 2. The first kappa shape index (κ1) is 19.3. The second-order valence-electron chi connectivity index (χ2n) is 6.96. The van der Waals surface area contributed by atoms with Crippen LogP contribution in [0, 0.1) is 15.9 Å². The lowest BCUT2D eigenvalue weighted by Crippen LogP contribution is -2.29. The van der Waals surface area contributed by atoms with Crippen LogP contribution in [0.2, 0.25) is 0 Å². The maximum absolute atomic E-state index is 13.1. The summed E-state index contributed by atoms with van der Waals surface area (Å²) < 4.78 is 13.1. The number of nitro benzene ring substituents is 1. The zero-order valence-corrected chi connectivity index (χ0v) is 16.6. The van der Waals surface area contributed by atoms with Crippen LogP contribution in [0.5, 0.6) is 0 Å². The van der Waals surface area contributed by atoms with Gasteiger partial charge >= 0.3 is 0 Å². The van der Waals surface area contributed by atoms with Crippen LogP contribution in [0.1, 0.15) is 29.8 Å². The molecule has 29 heavy (non-hydrogen) atoms. The zero-order chi connectivity index (χ0) is 20.2. The molecule has 4 rings (SSSR count). The van der Waals surface area contributed by atoms with Gasteiger partial charge in [-0.2, -0.15) is 0 Å². The molecule has 0 unspecified atom stereocenters. The minimum atomic E-state index is -0.308. The highest BCUT2D eigenvalue weighted by molar-refractivity contribution is 7.10. The average molecular weight is 409 g/mol. The van der Waals surface area contributed by atoms with E-state index < -0.39 is 0 Å². The molecule has 0 bridgehead atoms. The van der Waals surface area contributed by atoms with Crippen molar-refractivity contribution in [2.75, 3.05) is 18.0 Å². The number of nitrogens with zero attached hydrogens (tertiary/aromatic N) is 3. The van der Waals surface area contributed by atoms with E-state index in [-0.39, 0.29) is 16.4 Å². The molecule has 2 aromatic carbocycles. The van der Waals surface area contributed by atoms with Gasteiger partial charge in [0.15, 0.2) is 0 Å². The molecule has 0 aliphatic carbocycles. The van der Waals surface area contributed by atoms with Crippen molar-refractivity contribution in [3.8, 4) is 11.3 Å². The summed E-state index contributed by atoms with van der Waals surface area (Å²) in [6.45, 7) is 1.72. The molecule has 1 fully saturated rings. The predicted octanol–water partition coefficient (Wildman–Crippen LogP) is 6.02. The smallest absolute Gasteiger partial charge is 0.293 e. The van der Waals surface area contributed by atoms with Crippen LogP contribution in [0.15, 0.2) is 47.8 Å². The van der Waals surface area contributed by atoms with Gasteiger partial charge in [0, 0.05) is 30.1 Å². The van der Waals surface area contributed by atoms with E-state index in [1.165, 1.54) is 29.9 Å². The number of anilines is 1. The standard InChI is InChI=1S/C22H20FN3O2S/c23-18-8-6-17(7-9-18)19-15-29-22(24-19)11-5-16-4-10-20(21(14-16)26(27)28)25-12-2-1-3-13-25/h4-11,14-15H,1-3,12-13H2. The molecule has 7 heteroatoms. The molecule has 1 aliphatic heterocycles. The van der Waals surface area contributed by atoms with Gasteiger partial charge in [0.1, 0.15) is 16.5 Å². The fourth-order valence-corrected chi connectivity index (χ4v) is 4.20. The monoisotopic (exact) mass is 409 g/mol. The number of thiazole rings is 1. The summed E-state index contributed by atoms with van der Waals surface area (Å²) in [6, 6.07) is 11.6. The Hall–Kier alpha value is -3.06. The summed E-state index contributed by atoms with van der Waals surface area (Å²) in [6.07, 6.45) is 6.99. The third-order valence-corrected chi connectivity index (χ3v) is 5.78. The normalized spacial score (nSPS) is 14.4. The summed E-state index contributed by atoms with van der Waals surface area (Å²) in [4.78, 5) is 17.9. The summed E-state index contributed by atoms with van der Waals surface area (Å²) in [5, 5.41) is 14.3. The highest BCUT2D eigenvalue weighted by atomic mass is 32.1. The number of piperidine rings is 1. The Labute approximate surface area is 172 Å². The molecule has 3 aromatic rings. The quantitative estimate of drug-likeness (QED) is 0.382. The van der Waals surface area contributed by atoms with Crippen molar-refractivity contribution in [3.05, 3.63) is 74.3 Å². The number of hydrogen-bond donors (Lipinski definition) is 0. The van der Waals surface area contributed by atoms with E-state index in [1.807, 2.05) is 29.7 Å². The van der Waals surface area contributed by atoms with E-state index in [1.54, 1.807) is 18.2 Å². The Morgan fingerprint density at radius 2 is 1.83 bits per heavy atom. The zero-order valence-electron chi connectivity index (χ0n) is 15.8. The minimum absolute atomic E-state index is 0.139. The van der Waals surface area contributed by atoms with Crippen molar-refractivity contribution in [3.63, 3.8) is 0 Å². The molecular formula is C22H20FN3O2S. The Morgan fingerprint density at radius 1 is 1.07 bits per heavy atom. The summed E-state index contributed by atoms with van der Waals surface area (Å²) in [5.41, 5.74) is 3.22. The largest absolute Gasteiger partial charge is 0.366 e. The number of aromatic nitrogens is 1. The Bertz CT molecular complexity index is 1040. The van der Waals surface area contributed by atoms with Crippen molar-refractivity contribution in [1.82, 2.24) is 4.98 Å². The lowest BCUT2D eigenvalue weighted by atomic mass is 10.1. The van der Waals surface area contributed by atoms with Gasteiger partial charge in [0.2, 0.25) is 0 Å². The summed E-state index contributed by atoms with van der Waals surface area (Å²) >= 11 is 1.47. The second-order valence-corrected chi connectivity index (χ2v) is 7.85. The van der Waals surface area contributed by atoms with Crippen molar-refractivity contribution < 1.29 is 9.31 Å². The minimum Gasteiger partial charge on any atom is -0.366 e. The molecule has 1 saturated heterocycles. The predicted molar refractivity (Wildman–Crippen MR) is 116 cm³/mol. The van der Waals surface area contributed by atoms with Crippen molar-refractivity contribution in [2.45, 2.75) is 19.3 Å². The van der Waals surface area contributed by atoms with Crippen LogP contribution >= 0.6 is 11.3 Å². The molecule has 5 nitrogen and oxygen atoms in total. The van der Waals surface area contributed by atoms with E-state index in [4.69, 9.17) is 0 Å². The van der Waals surface area contributed by atoms with Gasteiger partial charge in [-0.1, -0.05) is 12.1 Å². The number of hydrogen-bond acceptors (Lipinski definition) is 5. The first-order valence-electron chi connectivity index (χ1n) is 9.53. The third kappa shape index (κ3) is 4.51. The highest BCUT2D eigenvalue weighted by Crippen LogP contribution is 2.32. The topological polar surface area (TPSA) is 59.3 Å². The van der Waals surface area contributed by atoms with Gasteiger partial charge in [-0.15, -0.1) is 11.3 Å². The Balaban J connectivity index is 1.54. The lowest BCUT2D eigenvalue weighted by Gasteiger charge is -2.28. The van der Waals surface area contributed by atoms with Gasteiger partial charge in [-0.05, 0) is 61.2 Å². The first-order valence-corrected chi connectivity index (χ1v) is 10.4. The maximum atomic E-state index is 13.1. The SMILES string of the molecule is O=[N+]([O-])c1cc(C=Cc2nc(-c3ccc(F)cc3)cs2)ccc1N1CCCCC1. The van der Waals surface area contributed by atoms with Gasteiger partial charge in [-0.3, -0.25) is 10.1 Å². The number of halogens is 1. The molecule has 0 saturated carbocycles. The third-order valence-electron chi connectivity index (χ3n) is 4.97. The fourth-order valence-electron chi connectivity index (χ4n) is 3.48. The van der Waals surface area contributed by atoms with Gasteiger partial charge in [-0.25, -0.2) is 9.37 Å². The molecule has 0 N–H and O–H groups in total. The second kappa shape index (κ2) is 8.53. The van der Waals surface area contributed by atoms with Gasteiger partial charge in [0.05, 0.1) is 10.6 Å². The molecule has 1 aliphatic rings. The molecule has 0 radical (unpaired) electrons. The molecule has 0 spiro atoms. The van der Waals surface area contributed by atoms with Crippen LogP contribution in [0.25, 0.3) is 23.4 Å². The van der Waals surface area contributed by atoms with E-state index in [9.17, 15) is 14.5 Å². The van der Waals surface area contributed by atoms with Gasteiger partial charge in [0.25, 0.3) is 5.69 Å². The number of nitro groups is 1. The van der Waals surface area contributed by atoms with Crippen molar-refractivity contribution in [1.29, 1.82) is 0 Å². The van der Waals surface area contributed by atoms with Crippen LogP contribution in [-0.2, 0) is 0 Å². The van der Waals surface area contributed by atoms with Crippen LogP contribution < -0.4 is 4.90 Å². The van der Waals surface area contributed by atoms with Gasteiger partial charge < -0.3 is 4.90 Å². The molecule has 0 atom stereocenters. The summed E-state index contributed by atoms with van der Waals surface area (Å²) in [5.74, 6) is -0.279. The van der Waals surface area contributed by atoms with Crippen LogP contribution in [0.3, 0.4) is 0 Å². The summed E-state index contributed by atoms with van der Waals surface area (Å²) in [7, 11) is 0. The van der Waals surface area contributed by atoms with E-state index in [2.05, 4.69) is 9.88 Å². The van der Waals surface area contributed by atoms with Crippen molar-refractivity contribution in [2.24, 2.45) is 0 Å². The Morgan fingerprint density at radius 3 is 2.55 bits per heavy atom. The first-order chi connectivity index (χ1) is 14.1. The molecule has 1 aromatic heterocycles. The number of rotatable bonds is 5. The van der Waals surface area contributed by atoms with E-state index >= 15 is 0 Å². The molecule has 148 valence electrons. The van der Waals surface area contributed by atoms with Crippen LogP contribution in [0.4, 0.5) is 15.8 Å². The average Bonchev–Trinajstić information content (AvgIpc) is 3.22. The fraction of sp³-hybridized carbons (Fsp3) is 0.227.